The lowest BCUT2D eigenvalue weighted by Gasteiger charge is -2.14. The molecular formula is C17H22N6OS. The van der Waals surface area contributed by atoms with E-state index in [-0.39, 0.29) is 0 Å². The van der Waals surface area contributed by atoms with Crippen LogP contribution in [0.25, 0.3) is 10.1 Å². The molecule has 1 unspecified atom stereocenters. The lowest BCUT2D eigenvalue weighted by Crippen LogP contribution is -2.39. The molecule has 7 nitrogen and oxygen atoms in total. The maximum absolute atomic E-state index is 10.5. The summed E-state index contributed by atoms with van der Waals surface area (Å²) in [6.07, 6.45) is 0.923. The summed E-state index contributed by atoms with van der Waals surface area (Å²) in [5, 5.41) is 22.0. The van der Waals surface area contributed by atoms with E-state index in [4.69, 9.17) is 0 Å². The number of aryl methyl sites for hydroxylation is 1. The number of nitrogens with zero attached hydrogens (tertiary/aromatic N) is 4. The number of hydrogen-bond donors (Lipinski definition) is 3. The number of aliphatic imine (C=N–C) groups is 1. The summed E-state index contributed by atoms with van der Waals surface area (Å²) >= 11 is 1.61. The molecular weight excluding hydrogens is 336 g/mol. The number of hydrogen-bond acceptors (Lipinski definition) is 5. The van der Waals surface area contributed by atoms with Gasteiger partial charge in [0.15, 0.2) is 5.96 Å². The topological polar surface area (TPSA) is 87.4 Å². The van der Waals surface area contributed by atoms with Crippen molar-refractivity contribution >= 4 is 27.4 Å². The van der Waals surface area contributed by atoms with Gasteiger partial charge < -0.3 is 15.7 Å². The first-order valence-electron chi connectivity index (χ1n) is 8.19. The molecule has 8 heteroatoms. The Bertz CT molecular complexity index is 823. The monoisotopic (exact) mass is 358 g/mol. The van der Waals surface area contributed by atoms with Gasteiger partial charge in [-0.25, -0.2) is 9.98 Å². The van der Waals surface area contributed by atoms with E-state index in [0.717, 1.165) is 22.6 Å². The van der Waals surface area contributed by atoms with Crippen molar-refractivity contribution < 1.29 is 5.11 Å². The van der Waals surface area contributed by atoms with Crippen molar-refractivity contribution in [3.63, 3.8) is 0 Å². The molecule has 1 atom stereocenters. The Labute approximate surface area is 150 Å². The van der Waals surface area contributed by atoms with Crippen LogP contribution >= 0.6 is 11.3 Å². The fourth-order valence-corrected chi connectivity index (χ4v) is 3.47. The quantitative estimate of drug-likeness (QED) is 0.462. The molecule has 0 amide bonds. The molecule has 2 aromatic heterocycles. The van der Waals surface area contributed by atoms with Crippen molar-refractivity contribution in [3.05, 3.63) is 47.4 Å². The van der Waals surface area contributed by atoms with Gasteiger partial charge in [-0.1, -0.05) is 18.2 Å². The van der Waals surface area contributed by atoms with Crippen LogP contribution in [0.5, 0.6) is 0 Å². The van der Waals surface area contributed by atoms with Crippen LogP contribution in [0, 0.1) is 0 Å². The Hall–Kier alpha value is -2.45. The van der Waals surface area contributed by atoms with Gasteiger partial charge in [0, 0.05) is 29.7 Å². The first kappa shape index (κ1) is 17.4. The summed E-state index contributed by atoms with van der Waals surface area (Å²) < 4.78 is 2.87. The largest absolute Gasteiger partial charge is 0.386 e. The van der Waals surface area contributed by atoms with E-state index < -0.39 is 6.10 Å². The van der Waals surface area contributed by atoms with E-state index in [1.165, 1.54) is 11.0 Å². The summed E-state index contributed by atoms with van der Waals surface area (Å²) in [6, 6.07) is 10.2. The number of benzene rings is 1. The van der Waals surface area contributed by atoms with Gasteiger partial charge in [-0.05, 0) is 24.4 Å². The van der Waals surface area contributed by atoms with Crippen LogP contribution in [0.15, 0.2) is 41.7 Å². The molecule has 0 spiro atoms. The van der Waals surface area contributed by atoms with Gasteiger partial charge in [-0.2, -0.15) is 5.10 Å². The molecule has 3 N–H and O–H groups in total. The lowest BCUT2D eigenvalue weighted by atomic mass is 10.2. The Kier molecular flexibility index (Phi) is 5.62. The number of aromatic nitrogens is 3. The van der Waals surface area contributed by atoms with Crippen molar-refractivity contribution in [2.45, 2.75) is 19.6 Å². The van der Waals surface area contributed by atoms with Crippen LogP contribution in [0.1, 0.15) is 23.7 Å². The van der Waals surface area contributed by atoms with E-state index in [0.29, 0.717) is 19.0 Å². The second kappa shape index (κ2) is 8.09. The molecule has 1 aromatic carbocycles. The Morgan fingerprint density at radius 3 is 2.92 bits per heavy atom. The zero-order chi connectivity index (χ0) is 17.6. The molecule has 3 rings (SSSR count). The zero-order valence-corrected chi connectivity index (χ0v) is 15.1. The predicted molar refractivity (Wildman–Crippen MR) is 101 cm³/mol. The van der Waals surface area contributed by atoms with Gasteiger partial charge in [-0.3, -0.25) is 4.68 Å². The molecule has 25 heavy (non-hydrogen) atoms. The van der Waals surface area contributed by atoms with Gasteiger partial charge >= 0.3 is 0 Å². The molecule has 132 valence electrons. The van der Waals surface area contributed by atoms with Crippen molar-refractivity contribution in [1.82, 2.24) is 25.4 Å². The predicted octanol–water partition coefficient (Wildman–Crippen LogP) is 1.82. The average molecular weight is 358 g/mol. The highest BCUT2D eigenvalue weighted by molar-refractivity contribution is 7.19. The third-order valence-electron chi connectivity index (χ3n) is 3.76. The first-order valence-corrected chi connectivity index (χ1v) is 9.00. The smallest absolute Gasteiger partial charge is 0.191 e. The van der Waals surface area contributed by atoms with Crippen molar-refractivity contribution in [1.29, 1.82) is 0 Å². The minimum atomic E-state index is -0.587. The Balaban J connectivity index is 1.63. The normalized spacial score (nSPS) is 13.2. The highest BCUT2D eigenvalue weighted by atomic mass is 32.1. The number of nitrogens with one attached hydrogen (secondary N) is 2. The molecule has 0 saturated heterocycles. The number of rotatable bonds is 6. The van der Waals surface area contributed by atoms with Crippen LogP contribution in [-0.4, -0.2) is 38.9 Å². The second-order valence-electron chi connectivity index (χ2n) is 5.58. The fraction of sp³-hybridized carbons (Fsp3) is 0.353. The molecule has 0 aliphatic carbocycles. The van der Waals surface area contributed by atoms with E-state index in [1.54, 1.807) is 16.0 Å². The molecule has 0 aliphatic heterocycles. The summed E-state index contributed by atoms with van der Waals surface area (Å²) in [5.41, 5.74) is 0. The molecule has 3 aromatic rings. The summed E-state index contributed by atoms with van der Waals surface area (Å²) in [7, 11) is 1.84. The molecule has 2 heterocycles. The molecule has 0 bridgehead atoms. The molecule has 0 fully saturated rings. The highest BCUT2D eigenvalue weighted by Crippen LogP contribution is 2.29. The van der Waals surface area contributed by atoms with Crippen molar-refractivity contribution in [3.8, 4) is 0 Å². The number of fused-ring (bicyclic) bond motifs is 1. The standard InChI is InChI=1S/C17H22N6OS/c1-3-18-17(20-10-16-21-11-22-23(16)2)19-9-13(24)15-8-12-6-4-5-7-14(12)25-15/h4-8,11,13,24H,3,9-10H2,1-2H3,(H2,18,19,20). The Morgan fingerprint density at radius 2 is 2.20 bits per heavy atom. The number of guanidine groups is 1. The van der Waals surface area contributed by atoms with Crippen LogP contribution in [0.2, 0.25) is 0 Å². The van der Waals surface area contributed by atoms with Gasteiger partial charge in [0.05, 0.1) is 0 Å². The SMILES string of the molecule is CCNC(=NCc1ncnn1C)NCC(O)c1cc2ccccc2s1. The third-order valence-corrected chi connectivity index (χ3v) is 4.98. The number of thiophene rings is 1. The zero-order valence-electron chi connectivity index (χ0n) is 14.3. The molecule has 0 saturated carbocycles. The number of aliphatic hydroxyl groups is 1. The fourth-order valence-electron chi connectivity index (χ4n) is 2.42. The van der Waals surface area contributed by atoms with Gasteiger partial charge in [0.25, 0.3) is 0 Å². The molecule has 0 radical (unpaired) electrons. The van der Waals surface area contributed by atoms with Crippen molar-refractivity contribution in [2.75, 3.05) is 13.1 Å². The van der Waals surface area contributed by atoms with Gasteiger partial charge in [0.2, 0.25) is 0 Å². The number of aliphatic hydroxyl groups excluding tert-OH is 1. The van der Waals surface area contributed by atoms with E-state index >= 15 is 0 Å². The first-order chi connectivity index (χ1) is 12.2. The highest BCUT2D eigenvalue weighted by Gasteiger charge is 2.12. The van der Waals surface area contributed by atoms with Crippen LogP contribution < -0.4 is 10.6 Å². The summed E-state index contributed by atoms with van der Waals surface area (Å²) in [5.74, 6) is 1.42. The van der Waals surface area contributed by atoms with Gasteiger partial charge in [-0.15, -0.1) is 11.3 Å². The molecule has 0 aliphatic rings. The Morgan fingerprint density at radius 1 is 1.36 bits per heavy atom. The maximum Gasteiger partial charge on any atom is 0.191 e. The van der Waals surface area contributed by atoms with Crippen LogP contribution in [-0.2, 0) is 13.6 Å². The van der Waals surface area contributed by atoms with Gasteiger partial charge in [0.1, 0.15) is 24.8 Å². The minimum absolute atomic E-state index is 0.386. The lowest BCUT2D eigenvalue weighted by molar-refractivity contribution is 0.184. The third kappa shape index (κ3) is 4.34. The van der Waals surface area contributed by atoms with E-state index in [2.05, 4.69) is 37.8 Å². The van der Waals surface area contributed by atoms with E-state index in [9.17, 15) is 5.11 Å². The maximum atomic E-state index is 10.5. The van der Waals surface area contributed by atoms with Crippen LogP contribution in [0.3, 0.4) is 0 Å². The summed E-state index contributed by atoms with van der Waals surface area (Å²) in [6.45, 7) is 3.55. The minimum Gasteiger partial charge on any atom is -0.386 e. The van der Waals surface area contributed by atoms with Crippen LogP contribution in [0.4, 0.5) is 0 Å². The van der Waals surface area contributed by atoms with E-state index in [1.807, 2.05) is 32.2 Å². The average Bonchev–Trinajstić information content (AvgIpc) is 3.23. The van der Waals surface area contributed by atoms with Crippen molar-refractivity contribution in [2.24, 2.45) is 12.0 Å². The second-order valence-corrected chi connectivity index (χ2v) is 6.69. The summed E-state index contributed by atoms with van der Waals surface area (Å²) in [4.78, 5) is 9.59.